The van der Waals surface area contributed by atoms with Gasteiger partial charge in [-0.2, -0.15) is 0 Å². The number of rotatable bonds is 6. The first-order chi connectivity index (χ1) is 6.86. The van der Waals surface area contributed by atoms with Crippen molar-refractivity contribution in [2.24, 2.45) is 11.7 Å². The molecule has 0 fully saturated rings. The number of carboxylic acid groups (broad SMARTS) is 1. The van der Waals surface area contributed by atoms with Crippen LogP contribution in [0, 0.1) is 5.92 Å². The molecule has 0 aliphatic carbocycles. The van der Waals surface area contributed by atoms with E-state index in [0.717, 1.165) is 0 Å². The Morgan fingerprint density at radius 1 is 1.40 bits per heavy atom. The van der Waals surface area contributed by atoms with Crippen molar-refractivity contribution in [1.82, 2.24) is 5.32 Å². The third-order valence-electron chi connectivity index (χ3n) is 2.02. The maximum atomic E-state index is 11.3. The molecule has 0 aromatic carbocycles. The number of carbonyl (C=O) groups excluding carboxylic acids is 1. The van der Waals surface area contributed by atoms with Crippen LogP contribution in [0.3, 0.4) is 0 Å². The minimum Gasteiger partial charge on any atom is -0.479 e. The Balaban J connectivity index is 3.78. The van der Waals surface area contributed by atoms with Crippen molar-refractivity contribution in [2.75, 3.05) is 6.54 Å². The molecule has 0 spiro atoms. The predicted octanol–water partition coefficient (Wildman–Crippen LogP) is -1.08. The number of nitrogens with two attached hydrogens (primary N) is 1. The molecule has 0 aliphatic heterocycles. The molecule has 0 radical (unpaired) electrons. The van der Waals surface area contributed by atoms with E-state index >= 15 is 0 Å². The maximum Gasteiger partial charge on any atom is 0.332 e. The van der Waals surface area contributed by atoms with Gasteiger partial charge in [0.25, 0.3) is 0 Å². The monoisotopic (exact) mass is 218 g/mol. The third-order valence-corrected chi connectivity index (χ3v) is 2.02. The van der Waals surface area contributed by atoms with Crippen LogP contribution in [-0.2, 0) is 9.59 Å². The van der Waals surface area contributed by atoms with Gasteiger partial charge in [-0.1, -0.05) is 13.8 Å². The molecule has 5 N–H and O–H groups in total. The molecular weight excluding hydrogens is 200 g/mol. The second kappa shape index (κ2) is 6.36. The molecule has 6 nitrogen and oxygen atoms in total. The molecule has 15 heavy (non-hydrogen) atoms. The largest absolute Gasteiger partial charge is 0.479 e. The molecule has 0 aliphatic rings. The molecule has 1 unspecified atom stereocenters. The Bertz CT molecular complexity index is 230. The molecule has 0 aromatic heterocycles. The molecule has 0 heterocycles. The van der Waals surface area contributed by atoms with E-state index in [1.54, 1.807) is 0 Å². The number of carbonyl (C=O) groups is 2. The number of hydrogen-bond donors (Lipinski definition) is 4. The van der Waals surface area contributed by atoms with E-state index in [-0.39, 0.29) is 24.8 Å². The Kier molecular flexibility index (Phi) is 5.88. The number of aliphatic carboxylic acids is 1. The van der Waals surface area contributed by atoms with Crippen molar-refractivity contribution in [2.45, 2.75) is 32.4 Å². The van der Waals surface area contributed by atoms with E-state index in [1.165, 1.54) is 0 Å². The summed E-state index contributed by atoms with van der Waals surface area (Å²) in [6.07, 6.45) is -1.47. The Morgan fingerprint density at radius 2 is 1.93 bits per heavy atom. The molecule has 0 aromatic rings. The summed E-state index contributed by atoms with van der Waals surface area (Å²) in [5.41, 5.74) is 5.55. The first-order valence-electron chi connectivity index (χ1n) is 4.80. The van der Waals surface area contributed by atoms with Crippen LogP contribution in [0.1, 0.15) is 20.3 Å². The fourth-order valence-electron chi connectivity index (χ4n) is 0.876. The summed E-state index contributed by atoms with van der Waals surface area (Å²) >= 11 is 0. The highest BCUT2D eigenvalue weighted by Crippen LogP contribution is 1.98. The van der Waals surface area contributed by atoms with Gasteiger partial charge in [0.15, 0.2) is 6.10 Å². The normalized spacial score (nSPS) is 14.7. The van der Waals surface area contributed by atoms with E-state index in [1.807, 2.05) is 13.8 Å². The molecular formula is C9H18N2O4. The zero-order chi connectivity index (χ0) is 12.0. The molecule has 0 saturated heterocycles. The highest BCUT2D eigenvalue weighted by Gasteiger charge is 2.18. The van der Waals surface area contributed by atoms with Gasteiger partial charge in [-0.3, -0.25) is 4.79 Å². The van der Waals surface area contributed by atoms with Gasteiger partial charge >= 0.3 is 5.97 Å². The number of amides is 1. The third kappa shape index (κ3) is 5.34. The lowest BCUT2D eigenvalue weighted by Crippen LogP contribution is -2.44. The van der Waals surface area contributed by atoms with Crippen LogP contribution in [0.4, 0.5) is 0 Å². The minimum absolute atomic E-state index is 0.0219. The fraction of sp³-hybridized carbons (Fsp3) is 0.778. The van der Waals surface area contributed by atoms with Crippen LogP contribution in [0.5, 0.6) is 0 Å². The standard InChI is InChI=1S/C9H18N2O4/c1-5(2)7(10)8(13)11-4-3-6(12)9(14)15/h5-7,12H,3-4,10H2,1-2H3,(H,11,13)(H,14,15)/t6?,7-/m0/s1. The average Bonchev–Trinajstić information content (AvgIpc) is 2.15. The molecule has 0 bridgehead atoms. The SMILES string of the molecule is CC(C)[C@H](N)C(=O)NCCC(O)C(=O)O. The van der Waals surface area contributed by atoms with Gasteiger partial charge in [-0.15, -0.1) is 0 Å². The number of nitrogens with one attached hydrogen (secondary N) is 1. The second-order valence-corrected chi connectivity index (χ2v) is 3.70. The summed E-state index contributed by atoms with van der Waals surface area (Å²) in [5, 5.41) is 19.7. The van der Waals surface area contributed by atoms with Crippen LogP contribution in [0.2, 0.25) is 0 Å². The molecule has 88 valence electrons. The zero-order valence-electron chi connectivity index (χ0n) is 8.93. The van der Waals surface area contributed by atoms with Gasteiger partial charge < -0.3 is 21.3 Å². The summed E-state index contributed by atoms with van der Waals surface area (Å²) in [7, 11) is 0. The van der Waals surface area contributed by atoms with Crippen LogP contribution in [-0.4, -0.2) is 40.8 Å². The van der Waals surface area contributed by atoms with Gasteiger partial charge in [0.05, 0.1) is 6.04 Å². The lowest BCUT2D eigenvalue weighted by atomic mass is 10.1. The van der Waals surface area contributed by atoms with Crippen molar-refractivity contribution in [3.05, 3.63) is 0 Å². The summed E-state index contributed by atoms with van der Waals surface area (Å²) in [4.78, 5) is 21.5. The quantitative estimate of drug-likeness (QED) is 0.453. The highest BCUT2D eigenvalue weighted by molar-refractivity contribution is 5.81. The van der Waals surface area contributed by atoms with E-state index in [0.29, 0.717) is 0 Å². The summed E-state index contributed by atoms with van der Waals surface area (Å²) in [5.74, 6) is -1.60. The molecule has 6 heteroatoms. The van der Waals surface area contributed by atoms with Gasteiger partial charge in [0.2, 0.25) is 5.91 Å². The van der Waals surface area contributed by atoms with Crippen molar-refractivity contribution < 1.29 is 19.8 Å². The van der Waals surface area contributed by atoms with Gasteiger partial charge in [-0.05, 0) is 5.92 Å². The smallest absolute Gasteiger partial charge is 0.332 e. The number of aliphatic hydroxyl groups is 1. The first-order valence-corrected chi connectivity index (χ1v) is 4.80. The van der Waals surface area contributed by atoms with Crippen LogP contribution in [0.15, 0.2) is 0 Å². The van der Waals surface area contributed by atoms with Crippen molar-refractivity contribution >= 4 is 11.9 Å². The van der Waals surface area contributed by atoms with Crippen molar-refractivity contribution in [1.29, 1.82) is 0 Å². The zero-order valence-corrected chi connectivity index (χ0v) is 8.93. The minimum atomic E-state index is -1.44. The molecule has 0 saturated carbocycles. The fourth-order valence-corrected chi connectivity index (χ4v) is 0.876. The summed E-state index contributed by atoms with van der Waals surface area (Å²) in [6.45, 7) is 3.74. The van der Waals surface area contributed by atoms with E-state index in [2.05, 4.69) is 5.32 Å². The number of carboxylic acids is 1. The Hall–Kier alpha value is -1.14. The van der Waals surface area contributed by atoms with E-state index in [9.17, 15) is 9.59 Å². The summed E-state index contributed by atoms with van der Waals surface area (Å²) in [6, 6.07) is -0.605. The van der Waals surface area contributed by atoms with E-state index < -0.39 is 18.1 Å². The molecule has 1 amide bonds. The number of hydrogen-bond acceptors (Lipinski definition) is 4. The molecule has 2 atom stereocenters. The topological polar surface area (TPSA) is 113 Å². The maximum absolute atomic E-state index is 11.3. The molecule has 0 rings (SSSR count). The summed E-state index contributed by atoms with van der Waals surface area (Å²) < 4.78 is 0. The van der Waals surface area contributed by atoms with Crippen LogP contribution >= 0.6 is 0 Å². The Labute approximate surface area is 88.5 Å². The van der Waals surface area contributed by atoms with Gasteiger partial charge in [-0.25, -0.2) is 4.79 Å². The average molecular weight is 218 g/mol. The first kappa shape index (κ1) is 13.9. The highest BCUT2D eigenvalue weighted by atomic mass is 16.4. The second-order valence-electron chi connectivity index (χ2n) is 3.70. The predicted molar refractivity (Wildman–Crippen MR) is 54.1 cm³/mol. The van der Waals surface area contributed by atoms with Gasteiger partial charge in [0.1, 0.15) is 0 Å². The lowest BCUT2D eigenvalue weighted by molar-refractivity contribution is -0.147. The van der Waals surface area contributed by atoms with Crippen molar-refractivity contribution in [3.63, 3.8) is 0 Å². The lowest BCUT2D eigenvalue weighted by Gasteiger charge is -2.15. The van der Waals surface area contributed by atoms with Crippen LogP contribution in [0.25, 0.3) is 0 Å². The Morgan fingerprint density at radius 3 is 2.33 bits per heavy atom. The van der Waals surface area contributed by atoms with E-state index in [4.69, 9.17) is 15.9 Å². The van der Waals surface area contributed by atoms with Crippen molar-refractivity contribution in [3.8, 4) is 0 Å². The van der Waals surface area contributed by atoms with Crippen LogP contribution < -0.4 is 11.1 Å². The van der Waals surface area contributed by atoms with Gasteiger partial charge in [0, 0.05) is 13.0 Å². The number of aliphatic hydroxyl groups excluding tert-OH is 1.